The summed E-state index contributed by atoms with van der Waals surface area (Å²) in [5.41, 5.74) is 1.89. The topological polar surface area (TPSA) is 42.2 Å². The number of pyridine rings is 1. The average Bonchev–Trinajstić information content (AvgIpc) is 2.29. The van der Waals surface area contributed by atoms with E-state index in [-0.39, 0.29) is 12.0 Å². The summed E-state index contributed by atoms with van der Waals surface area (Å²) in [6.45, 7) is 1.57. The van der Waals surface area contributed by atoms with Crippen LogP contribution in [-0.2, 0) is 6.61 Å². The van der Waals surface area contributed by atoms with E-state index in [1.807, 2.05) is 23.6 Å². The Balaban J connectivity index is 2.63. The SMILES string of the molecule is Cc1cc(=O)c(CO)cn1-c1cccc(Cl)c1. The second kappa shape index (κ2) is 4.73. The molecule has 0 fully saturated rings. The van der Waals surface area contributed by atoms with Crippen LogP contribution in [0.2, 0.25) is 5.02 Å². The molecule has 2 rings (SSSR count). The van der Waals surface area contributed by atoms with Crippen molar-refractivity contribution in [2.75, 3.05) is 0 Å². The van der Waals surface area contributed by atoms with Gasteiger partial charge in [-0.3, -0.25) is 4.79 Å². The van der Waals surface area contributed by atoms with Crippen LogP contribution >= 0.6 is 11.6 Å². The Labute approximate surface area is 104 Å². The van der Waals surface area contributed by atoms with Gasteiger partial charge in [0.05, 0.1) is 6.61 Å². The van der Waals surface area contributed by atoms with Crippen molar-refractivity contribution < 1.29 is 5.11 Å². The maximum absolute atomic E-state index is 11.5. The van der Waals surface area contributed by atoms with Gasteiger partial charge in [0.2, 0.25) is 0 Å². The van der Waals surface area contributed by atoms with E-state index in [1.165, 1.54) is 6.07 Å². The molecule has 1 N–H and O–H groups in total. The molecule has 88 valence electrons. The molecule has 0 aliphatic carbocycles. The van der Waals surface area contributed by atoms with Gasteiger partial charge in [-0.1, -0.05) is 17.7 Å². The molecule has 1 heterocycles. The van der Waals surface area contributed by atoms with Crippen LogP contribution in [0.4, 0.5) is 0 Å². The quantitative estimate of drug-likeness (QED) is 0.887. The number of aliphatic hydroxyl groups excluding tert-OH is 1. The van der Waals surface area contributed by atoms with Crippen LogP contribution in [-0.4, -0.2) is 9.67 Å². The van der Waals surface area contributed by atoms with Gasteiger partial charge < -0.3 is 9.67 Å². The zero-order chi connectivity index (χ0) is 12.4. The molecule has 1 aromatic heterocycles. The maximum Gasteiger partial charge on any atom is 0.187 e. The van der Waals surface area contributed by atoms with Crippen molar-refractivity contribution in [3.8, 4) is 5.69 Å². The monoisotopic (exact) mass is 249 g/mol. The highest BCUT2D eigenvalue weighted by Crippen LogP contribution is 2.16. The van der Waals surface area contributed by atoms with Crippen molar-refractivity contribution in [3.05, 3.63) is 63.0 Å². The molecule has 0 bridgehead atoms. The molecular formula is C13H12ClNO2. The van der Waals surface area contributed by atoms with Crippen molar-refractivity contribution in [2.45, 2.75) is 13.5 Å². The van der Waals surface area contributed by atoms with Gasteiger partial charge in [0.15, 0.2) is 5.43 Å². The molecule has 0 saturated carbocycles. The molecule has 0 saturated heterocycles. The highest BCUT2D eigenvalue weighted by Gasteiger charge is 2.05. The lowest BCUT2D eigenvalue weighted by Gasteiger charge is -2.12. The average molecular weight is 250 g/mol. The Bertz CT molecular complexity index is 605. The third-order valence-corrected chi connectivity index (χ3v) is 2.81. The van der Waals surface area contributed by atoms with E-state index in [0.29, 0.717) is 10.6 Å². The minimum Gasteiger partial charge on any atom is -0.391 e. The third-order valence-electron chi connectivity index (χ3n) is 2.58. The molecule has 0 aliphatic heterocycles. The van der Waals surface area contributed by atoms with Gasteiger partial charge in [0.1, 0.15) is 0 Å². The minimum absolute atomic E-state index is 0.150. The Morgan fingerprint density at radius 1 is 1.35 bits per heavy atom. The van der Waals surface area contributed by atoms with E-state index in [2.05, 4.69) is 0 Å². The fourth-order valence-corrected chi connectivity index (χ4v) is 1.88. The molecule has 0 radical (unpaired) electrons. The molecule has 1 aromatic carbocycles. The van der Waals surface area contributed by atoms with Crippen LogP contribution in [0.1, 0.15) is 11.3 Å². The molecule has 0 unspecified atom stereocenters. The zero-order valence-corrected chi connectivity index (χ0v) is 10.1. The number of nitrogens with zero attached hydrogens (tertiary/aromatic N) is 1. The van der Waals surface area contributed by atoms with Crippen LogP contribution in [0, 0.1) is 6.92 Å². The maximum atomic E-state index is 11.5. The largest absolute Gasteiger partial charge is 0.391 e. The molecular weight excluding hydrogens is 238 g/mol. The summed E-state index contributed by atoms with van der Waals surface area (Å²) in [5, 5.41) is 9.73. The number of aliphatic hydroxyl groups is 1. The number of benzene rings is 1. The highest BCUT2D eigenvalue weighted by molar-refractivity contribution is 6.30. The molecule has 3 nitrogen and oxygen atoms in total. The summed E-state index contributed by atoms with van der Waals surface area (Å²) in [7, 11) is 0. The van der Waals surface area contributed by atoms with Crippen molar-refractivity contribution in [1.82, 2.24) is 4.57 Å². The van der Waals surface area contributed by atoms with Crippen molar-refractivity contribution in [3.63, 3.8) is 0 Å². The predicted molar refractivity (Wildman–Crippen MR) is 67.7 cm³/mol. The zero-order valence-electron chi connectivity index (χ0n) is 9.35. The number of rotatable bonds is 2. The van der Waals surface area contributed by atoms with Gasteiger partial charge in [0, 0.05) is 34.2 Å². The first kappa shape index (κ1) is 11.9. The fourth-order valence-electron chi connectivity index (χ4n) is 1.70. The second-order valence-corrected chi connectivity index (χ2v) is 4.25. The molecule has 17 heavy (non-hydrogen) atoms. The lowest BCUT2D eigenvalue weighted by molar-refractivity contribution is 0.280. The van der Waals surface area contributed by atoms with Crippen molar-refractivity contribution in [2.24, 2.45) is 0 Å². The summed E-state index contributed by atoms with van der Waals surface area (Å²) in [5.74, 6) is 0. The van der Waals surface area contributed by atoms with Gasteiger partial charge >= 0.3 is 0 Å². The number of hydrogen-bond acceptors (Lipinski definition) is 2. The van der Waals surface area contributed by atoms with E-state index in [1.54, 1.807) is 18.3 Å². The normalized spacial score (nSPS) is 10.5. The number of halogens is 1. The smallest absolute Gasteiger partial charge is 0.187 e. The molecule has 0 amide bonds. The fraction of sp³-hybridized carbons (Fsp3) is 0.154. The Morgan fingerprint density at radius 3 is 2.76 bits per heavy atom. The van der Waals surface area contributed by atoms with Gasteiger partial charge in [-0.05, 0) is 25.1 Å². The van der Waals surface area contributed by atoms with Gasteiger partial charge in [0.25, 0.3) is 0 Å². The molecule has 0 aliphatic rings. The summed E-state index contributed by atoms with van der Waals surface area (Å²) >= 11 is 5.93. The van der Waals surface area contributed by atoms with E-state index in [9.17, 15) is 4.79 Å². The third kappa shape index (κ3) is 2.40. The number of hydrogen-bond donors (Lipinski definition) is 1. The number of aryl methyl sites for hydroxylation is 1. The Morgan fingerprint density at radius 2 is 2.12 bits per heavy atom. The van der Waals surface area contributed by atoms with E-state index in [0.717, 1.165) is 11.4 Å². The molecule has 0 atom stereocenters. The van der Waals surface area contributed by atoms with E-state index < -0.39 is 0 Å². The summed E-state index contributed by atoms with van der Waals surface area (Å²) in [4.78, 5) is 11.5. The van der Waals surface area contributed by atoms with Crippen LogP contribution in [0.5, 0.6) is 0 Å². The molecule has 0 spiro atoms. The van der Waals surface area contributed by atoms with E-state index >= 15 is 0 Å². The molecule has 2 aromatic rings. The first-order valence-electron chi connectivity index (χ1n) is 5.21. The number of aromatic nitrogens is 1. The predicted octanol–water partition coefficient (Wildman–Crippen LogP) is 2.29. The van der Waals surface area contributed by atoms with Crippen LogP contribution in [0.15, 0.2) is 41.3 Å². The lowest BCUT2D eigenvalue weighted by Crippen LogP contribution is -2.13. The summed E-state index contributed by atoms with van der Waals surface area (Å²) in [6, 6.07) is 8.83. The van der Waals surface area contributed by atoms with Crippen LogP contribution < -0.4 is 5.43 Å². The lowest BCUT2D eigenvalue weighted by atomic mass is 10.2. The van der Waals surface area contributed by atoms with E-state index in [4.69, 9.17) is 16.7 Å². The summed E-state index contributed by atoms with van der Waals surface area (Å²) in [6.07, 6.45) is 1.64. The van der Waals surface area contributed by atoms with Gasteiger partial charge in [-0.15, -0.1) is 0 Å². The summed E-state index contributed by atoms with van der Waals surface area (Å²) < 4.78 is 1.83. The minimum atomic E-state index is -0.264. The second-order valence-electron chi connectivity index (χ2n) is 3.81. The van der Waals surface area contributed by atoms with Gasteiger partial charge in [-0.2, -0.15) is 0 Å². The van der Waals surface area contributed by atoms with Crippen molar-refractivity contribution >= 4 is 11.6 Å². The van der Waals surface area contributed by atoms with Crippen LogP contribution in [0.25, 0.3) is 5.69 Å². The highest BCUT2D eigenvalue weighted by atomic mass is 35.5. The van der Waals surface area contributed by atoms with Crippen LogP contribution in [0.3, 0.4) is 0 Å². The Hall–Kier alpha value is -1.58. The van der Waals surface area contributed by atoms with Gasteiger partial charge in [-0.25, -0.2) is 0 Å². The van der Waals surface area contributed by atoms with Crippen molar-refractivity contribution in [1.29, 1.82) is 0 Å². The molecule has 4 heteroatoms. The Kier molecular flexibility index (Phi) is 3.31. The standard InChI is InChI=1S/C13H12ClNO2/c1-9-5-13(17)10(8-16)7-15(9)12-4-2-3-11(14)6-12/h2-7,16H,8H2,1H3. The first-order valence-corrected chi connectivity index (χ1v) is 5.58. The first-order chi connectivity index (χ1) is 8.11.